The van der Waals surface area contributed by atoms with Gasteiger partial charge in [0.15, 0.2) is 0 Å². The molecule has 2 amide bonds. The molecule has 2 aromatic carbocycles. The van der Waals surface area contributed by atoms with Crippen molar-refractivity contribution in [2.45, 2.75) is 6.92 Å². The Bertz CT molecular complexity index is 787. The van der Waals surface area contributed by atoms with Crippen LogP contribution in [-0.4, -0.2) is 25.0 Å². The van der Waals surface area contributed by atoms with E-state index in [1.807, 2.05) is 25.1 Å². The highest BCUT2D eigenvalue weighted by atomic mass is 16.5. The van der Waals surface area contributed by atoms with Crippen LogP contribution >= 0.6 is 0 Å². The number of hydrogen-bond donors (Lipinski definition) is 3. The first-order valence-corrected chi connectivity index (χ1v) is 7.75. The molecule has 130 valence electrons. The minimum atomic E-state index is -0.591. The Morgan fingerprint density at radius 1 is 1.16 bits per heavy atom. The third-order valence-corrected chi connectivity index (χ3v) is 3.24. The number of amides is 2. The van der Waals surface area contributed by atoms with Gasteiger partial charge in [0.05, 0.1) is 17.8 Å². The molecule has 0 saturated carbocycles. The third kappa shape index (κ3) is 5.69. The second-order valence-electron chi connectivity index (χ2n) is 5.59. The molecule has 6 heteroatoms. The molecule has 0 aromatic heterocycles. The number of nitrogens with two attached hydrogens (primary N) is 1. The van der Waals surface area contributed by atoms with E-state index in [1.54, 1.807) is 30.3 Å². The summed E-state index contributed by atoms with van der Waals surface area (Å²) < 4.78 is 5.56. The second kappa shape index (κ2) is 8.54. The summed E-state index contributed by atoms with van der Waals surface area (Å²) in [7, 11) is 0. The fourth-order valence-corrected chi connectivity index (χ4v) is 2.09. The van der Waals surface area contributed by atoms with Crippen LogP contribution in [0.5, 0.6) is 5.75 Å². The van der Waals surface area contributed by atoms with Crippen molar-refractivity contribution >= 4 is 23.2 Å². The summed E-state index contributed by atoms with van der Waals surface area (Å²) in [4.78, 5) is 23.5. The first kappa shape index (κ1) is 18.1. The molecule has 0 bridgehead atoms. The summed E-state index contributed by atoms with van der Waals surface area (Å²) in [5, 5.41) is 5.68. The van der Waals surface area contributed by atoms with Crippen LogP contribution in [0.1, 0.15) is 17.3 Å². The zero-order valence-electron chi connectivity index (χ0n) is 14.0. The van der Waals surface area contributed by atoms with Crippen molar-refractivity contribution in [2.75, 3.05) is 23.8 Å². The molecule has 2 aromatic rings. The van der Waals surface area contributed by atoms with E-state index in [9.17, 15) is 9.59 Å². The predicted molar refractivity (Wildman–Crippen MR) is 98.8 cm³/mol. The lowest BCUT2D eigenvalue weighted by Crippen LogP contribution is -2.24. The second-order valence-corrected chi connectivity index (χ2v) is 5.59. The van der Waals surface area contributed by atoms with Gasteiger partial charge in [-0.3, -0.25) is 9.59 Å². The molecule has 0 saturated heterocycles. The highest BCUT2D eigenvalue weighted by Crippen LogP contribution is 2.18. The van der Waals surface area contributed by atoms with Crippen LogP contribution in [0.4, 0.5) is 11.4 Å². The van der Waals surface area contributed by atoms with Gasteiger partial charge in [-0.25, -0.2) is 0 Å². The topological polar surface area (TPSA) is 93.4 Å². The summed E-state index contributed by atoms with van der Waals surface area (Å²) in [6, 6.07) is 13.9. The number of benzene rings is 2. The van der Waals surface area contributed by atoms with E-state index >= 15 is 0 Å². The van der Waals surface area contributed by atoms with Gasteiger partial charge in [0.25, 0.3) is 5.91 Å². The van der Waals surface area contributed by atoms with Gasteiger partial charge < -0.3 is 21.1 Å². The number of carbonyl (C=O) groups is 2. The molecule has 0 fully saturated rings. The molecular weight excluding hydrogens is 318 g/mol. The standard InChI is InChI=1S/C19H21N3O3/c1-13(2)12-25-15-7-5-6-14(10-15)21-11-18(23)22-17-9-4-3-8-16(17)19(20)24/h3-10,21H,1,11-12H2,2H3,(H2,20,24)(H,22,23). The van der Waals surface area contributed by atoms with Crippen molar-refractivity contribution in [2.24, 2.45) is 5.73 Å². The number of rotatable bonds is 8. The maximum atomic E-state index is 12.1. The highest BCUT2D eigenvalue weighted by molar-refractivity contribution is 6.03. The summed E-state index contributed by atoms with van der Waals surface area (Å²) in [5.41, 5.74) is 7.62. The molecular formula is C19H21N3O3. The fraction of sp³-hybridized carbons (Fsp3) is 0.158. The Labute approximate surface area is 146 Å². The van der Waals surface area contributed by atoms with Crippen LogP contribution in [0.25, 0.3) is 0 Å². The van der Waals surface area contributed by atoms with E-state index in [0.717, 1.165) is 11.3 Å². The van der Waals surface area contributed by atoms with E-state index < -0.39 is 5.91 Å². The number of para-hydroxylation sites is 1. The van der Waals surface area contributed by atoms with Crippen molar-refractivity contribution < 1.29 is 14.3 Å². The van der Waals surface area contributed by atoms with Crippen LogP contribution in [0, 0.1) is 0 Å². The smallest absolute Gasteiger partial charge is 0.250 e. The van der Waals surface area contributed by atoms with E-state index in [2.05, 4.69) is 17.2 Å². The first-order valence-electron chi connectivity index (χ1n) is 7.75. The lowest BCUT2D eigenvalue weighted by atomic mass is 10.1. The molecule has 0 atom stereocenters. The largest absolute Gasteiger partial charge is 0.489 e. The Balaban J connectivity index is 1.93. The Morgan fingerprint density at radius 2 is 1.92 bits per heavy atom. The van der Waals surface area contributed by atoms with Crippen molar-refractivity contribution in [1.82, 2.24) is 0 Å². The first-order chi connectivity index (χ1) is 12.0. The fourth-order valence-electron chi connectivity index (χ4n) is 2.09. The summed E-state index contributed by atoms with van der Waals surface area (Å²) in [6.07, 6.45) is 0. The molecule has 0 aliphatic rings. The Kier molecular flexibility index (Phi) is 6.17. The van der Waals surface area contributed by atoms with Gasteiger partial charge >= 0.3 is 0 Å². The quantitative estimate of drug-likeness (QED) is 0.645. The van der Waals surface area contributed by atoms with Crippen LogP contribution in [-0.2, 0) is 4.79 Å². The summed E-state index contributed by atoms with van der Waals surface area (Å²) in [5.74, 6) is -0.194. The zero-order chi connectivity index (χ0) is 18.2. The number of ether oxygens (including phenoxy) is 1. The van der Waals surface area contributed by atoms with Crippen molar-refractivity contribution in [3.05, 3.63) is 66.2 Å². The van der Waals surface area contributed by atoms with Gasteiger partial charge in [-0.1, -0.05) is 24.8 Å². The Morgan fingerprint density at radius 3 is 2.64 bits per heavy atom. The third-order valence-electron chi connectivity index (χ3n) is 3.24. The molecule has 6 nitrogen and oxygen atoms in total. The lowest BCUT2D eigenvalue weighted by Gasteiger charge is -2.11. The van der Waals surface area contributed by atoms with Gasteiger partial charge in [-0.2, -0.15) is 0 Å². The van der Waals surface area contributed by atoms with Gasteiger partial charge in [-0.05, 0) is 36.8 Å². The SMILES string of the molecule is C=C(C)COc1cccc(NCC(=O)Nc2ccccc2C(N)=O)c1. The van der Waals surface area contributed by atoms with Crippen molar-refractivity contribution in [1.29, 1.82) is 0 Å². The molecule has 0 heterocycles. The van der Waals surface area contributed by atoms with Crippen molar-refractivity contribution in [3.8, 4) is 5.75 Å². The number of nitrogens with one attached hydrogen (secondary N) is 2. The van der Waals surface area contributed by atoms with Crippen molar-refractivity contribution in [3.63, 3.8) is 0 Å². The molecule has 2 rings (SSSR count). The number of hydrogen-bond acceptors (Lipinski definition) is 4. The Hall–Kier alpha value is -3.28. The van der Waals surface area contributed by atoms with Crippen LogP contribution < -0.4 is 21.1 Å². The van der Waals surface area contributed by atoms with Gasteiger partial charge in [0, 0.05) is 11.8 Å². The van der Waals surface area contributed by atoms with E-state index in [-0.39, 0.29) is 18.0 Å². The molecule has 25 heavy (non-hydrogen) atoms. The van der Waals surface area contributed by atoms with Gasteiger partial charge in [-0.15, -0.1) is 0 Å². The van der Waals surface area contributed by atoms with Crippen LogP contribution in [0.15, 0.2) is 60.7 Å². The predicted octanol–water partition coefficient (Wildman–Crippen LogP) is 2.79. The zero-order valence-corrected chi connectivity index (χ0v) is 14.0. The summed E-state index contributed by atoms with van der Waals surface area (Å²) >= 11 is 0. The van der Waals surface area contributed by atoms with Crippen LogP contribution in [0.2, 0.25) is 0 Å². The van der Waals surface area contributed by atoms with E-state index in [1.165, 1.54) is 0 Å². The minimum Gasteiger partial charge on any atom is -0.489 e. The number of anilines is 2. The molecule has 0 unspecified atom stereocenters. The molecule has 0 aliphatic carbocycles. The minimum absolute atomic E-state index is 0.0387. The molecule has 0 spiro atoms. The van der Waals surface area contributed by atoms with Crippen LogP contribution in [0.3, 0.4) is 0 Å². The average molecular weight is 339 g/mol. The van der Waals surface area contributed by atoms with Gasteiger partial charge in [0.2, 0.25) is 5.91 Å². The van der Waals surface area contributed by atoms with E-state index in [4.69, 9.17) is 10.5 Å². The normalized spacial score (nSPS) is 9.96. The highest BCUT2D eigenvalue weighted by Gasteiger charge is 2.10. The molecule has 4 N–H and O–H groups in total. The molecule has 0 radical (unpaired) electrons. The van der Waals surface area contributed by atoms with Gasteiger partial charge in [0.1, 0.15) is 12.4 Å². The number of primary amides is 1. The van der Waals surface area contributed by atoms with E-state index in [0.29, 0.717) is 18.0 Å². The molecule has 0 aliphatic heterocycles. The number of carbonyl (C=O) groups excluding carboxylic acids is 2. The maximum Gasteiger partial charge on any atom is 0.250 e. The average Bonchev–Trinajstić information content (AvgIpc) is 2.59. The monoisotopic (exact) mass is 339 g/mol. The summed E-state index contributed by atoms with van der Waals surface area (Å²) in [6.45, 7) is 6.15. The maximum absolute atomic E-state index is 12.1. The lowest BCUT2D eigenvalue weighted by molar-refractivity contribution is -0.114.